The van der Waals surface area contributed by atoms with E-state index in [1.165, 1.54) is 0 Å². The molecule has 1 rings (SSSR count). The van der Waals surface area contributed by atoms with E-state index in [1.807, 2.05) is 25.2 Å². The first kappa shape index (κ1) is 8.23. The topological polar surface area (TPSA) is 29.5 Å². The molecule has 1 aliphatic carbocycles. The van der Waals surface area contributed by atoms with E-state index in [0.29, 0.717) is 0 Å². The van der Waals surface area contributed by atoms with Crippen molar-refractivity contribution >= 4 is 23.0 Å². The van der Waals surface area contributed by atoms with Crippen LogP contribution in [0.5, 0.6) is 0 Å². The highest BCUT2D eigenvalue weighted by Crippen LogP contribution is 2.17. The third-order valence-corrected chi connectivity index (χ3v) is 2.13. The Bertz CT molecular complexity index is 174. The number of hydrogen-bond donors (Lipinski definition) is 1. The Kier molecular flexibility index (Phi) is 2.88. The maximum absolute atomic E-state index is 9.39. The summed E-state index contributed by atoms with van der Waals surface area (Å²) >= 11 is 1.79. The molecule has 10 heavy (non-hydrogen) atoms. The van der Waals surface area contributed by atoms with Crippen LogP contribution in [0.3, 0.4) is 0 Å². The van der Waals surface area contributed by atoms with Crippen LogP contribution in [0.2, 0.25) is 0 Å². The largest absolute Gasteiger partial charge is 0.386 e. The highest BCUT2D eigenvalue weighted by atomic mass is 127. The van der Waals surface area contributed by atoms with E-state index < -0.39 is 6.10 Å². The highest BCUT2D eigenvalue weighted by Gasteiger charge is 2.19. The van der Waals surface area contributed by atoms with E-state index in [1.54, 1.807) is 23.0 Å². The fourth-order valence-corrected chi connectivity index (χ4v) is 1.31. The van der Waals surface area contributed by atoms with E-state index in [4.69, 9.17) is 3.07 Å². The fraction of sp³-hybridized carbons (Fsp3) is 0.429. The first-order chi connectivity index (χ1) is 4.75. The first-order valence-electron chi connectivity index (χ1n) is 3.06. The summed E-state index contributed by atoms with van der Waals surface area (Å²) in [6, 6.07) is 0. The van der Waals surface area contributed by atoms with E-state index >= 15 is 0 Å². The number of halogens is 1. The van der Waals surface area contributed by atoms with Gasteiger partial charge in [0.2, 0.25) is 0 Å². The summed E-state index contributed by atoms with van der Waals surface area (Å²) in [4.78, 5) is 0. The van der Waals surface area contributed by atoms with Crippen molar-refractivity contribution in [1.82, 2.24) is 0 Å². The third kappa shape index (κ3) is 1.59. The lowest BCUT2D eigenvalue weighted by Gasteiger charge is -2.20. The maximum atomic E-state index is 9.39. The molecule has 1 aliphatic rings. The number of aliphatic hydroxyl groups is 1. The van der Waals surface area contributed by atoms with Gasteiger partial charge in [-0.25, -0.2) is 0 Å². The molecule has 0 aromatic carbocycles. The molecule has 0 aromatic rings. The zero-order valence-corrected chi connectivity index (χ0v) is 7.78. The summed E-state index contributed by atoms with van der Waals surface area (Å²) < 4.78 is 4.97. The second-order valence-corrected chi connectivity index (χ2v) is 2.80. The van der Waals surface area contributed by atoms with Gasteiger partial charge in [-0.2, -0.15) is 0 Å². The Morgan fingerprint density at radius 3 is 2.90 bits per heavy atom. The smallest absolute Gasteiger partial charge is 0.118 e. The van der Waals surface area contributed by atoms with Crippen molar-refractivity contribution in [2.75, 3.05) is 0 Å². The van der Waals surface area contributed by atoms with Crippen LogP contribution < -0.4 is 0 Å². The van der Waals surface area contributed by atoms with Crippen molar-refractivity contribution in [2.45, 2.75) is 19.1 Å². The van der Waals surface area contributed by atoms with Crippen molar-refractivity contribution in [3.05, 3.63) is 23.8 Å². The van der Waals surface area contributed by atoms with Crippen LogP contribution >= 0.6 is 23.0 Å². The Balaban J connectivity index is 2.68. The van der Waals surface area contributed by atoms with Crippen LogP contribution in [0.15, 0.2) is 23.8 Å². The summed E-state index contributed by atoms with van der Waals surface area (Å²) in [7, 11) is 0. The van der Waals surface area contributed by atoms with Crippen LogP contribution in [0.25, 0.3) is 0 Å². The summed E-state index contributed by atoms with van der Waals surface area (Å²) in [6.07, 6.45) is 4.97. The van der Waals surface area contributed by atoms with Gasteiger partial charge in [-0.3, -0.25) is 0 Å². The lowest BCUT2D eigenvalue weighted by molar-refractivity contribution is 0.116. The molecule has 1 N–H and O–H groups in total. The normalized spacial score (nSPS) is 32.1. The molecule has 0 aliphatic heterocycles. The highest BCUT2D eigenvalue weighted by molar-refractivity contribution is 14.1. The summed E-state index contributed by atoms with van der Waals surface area (Å²) in [6.45, 7) is 1.89. The van der Waals surface area contributed by atoms with Gasteiger partial charge in [0.15, 0.2) is 0 Å². The van der Waals surface area contributed by atoms with Crippen molar-refractivity contribution in [2.24, 2.45) is 0 Å². The van der Waals surface area contributed by atoms with E-state index in [2.05, 4.69) is 0 Å². The minimum absolute atomic E-state index is 0.175. The zero-order chi connectivity index (χ0) is 7.56. The molecular formula is C7H9IO2. The summed E-state index contributed by atoms with van der Waals surface area (Å²) in [5.41, 5.74) is 0.948. The lowest BCUT2D eigenvalue weighted by Crippen LogP contribution is -2.27. The number of rotatable bonds is 1. The molecule has 0 heterocycles. The van der Waals surface area contributed by atoms with Gasteiger partial charge in [-0.1, -0.05) is 18.2 Å². The average molecular weight is 252 g/mol. The van der Waals surface area contributed by atoms with Gasteiger partial charge in [0.25, 0.3) is 0 Å². The third-order valence-electron chi connectivity index (χ3n) is 1.54. The standard InChI is InChI=1S/C7H9IO2/c1-5-3-2-4-6(10-8)7(5)9/h2-4,6-7,9H,1H3/t6-,7+/m0/s1. The molecule has 3 heteroatoms. The fourth-order valence-electron chi connectivity index (χ4n) is 0.858. The Morgan fingerprint density at radius 1 is 1.70 bits per heavy atom. The van der Waals surface area contributed by atoms with Gasteiger partial charge in [0.1, 0.15) is 35.2 Å². The Labute approximate surface area is 74.3 Å². The van der Waals surface area contributed by atoms with Gasteiger partial charge in [-0.15, -0.1) is 0 Å². The van der Waals surface area contributed by atoms with Crippen molar-refractivity contribution in [3.8, 4) is 0 Å². The van der Waals surface area contributed by atoms with Gasteiger partial charge in [-0.05, 0) is 12.5 Å². The van der Waals surface area contributed by atoms with Crippen molar-refractivity contribution < 1.29 is 8.17 Å². The Morgan fingerprint density at radius 2 is 2.40 bits per heavy atom. The molecule has 0 bridgehead atoms. The minimum Gasteiger partial charge on any atom is -0.386 e. The second-order valence-electron chi connectivity index (χ2n) is 2.29. The van der Waals surface area contributed by atoms with E-state index in [0.717, 1.165) is 5.57 Å². The number of aliphatic hydroxyl groups excluding tert-OH is 1. The van der Waals surface area contributed by atoms with Crippen molar-refractivity contribution in [1.29, 1.82) is 0 Å². The SMILES string of the molecule is CC1=CC=C[C@H](OI)[C@@H]1O. The first-order valence-corrected chi connectivity index (χ1v) is 3.94. The molecule has 2 atom stereocenters. The maximum Gasteiger partial charge on any atom is 0.118 e. The molecule has 56 valence electrons. The molecule has 0 amide bonds. The monoisotopic (exact) mass is 252 g/mol. The van der Waals surface area contributed by atoms with Gasteiger partial charge in [0.05, 0.1) is 0 Å². The average Bonchev–Trinajstić information content (AvgIpc) is 1.95. The van der Waals surface area contributed by atoms with Crippen LogP contribution in [0, 0.1) is 0 Å². The molecule has 0 spiro atoms. The summed E-state index contributed by atoms with van der Waals surface area (Å²) in [5, 5.41) is 9.39. The molecule has 2 nitrogen and oxygen atoms in total. The molecule has 0 saturated heterocycles. The lowest BCUT2D eigenvalue weighted by atomic mass is 10.0. The molecule has 0 aromatic heterocycles. The molecular weight excluding hydrogens is 243 g/mol. The van der Waals surface area contributed by atoms with Crippen LogP contribution in [-0.2, 0) is 3.07 Å². The van der Waals surface area contributed by atoms with Gasteiger partial charge >= 0.3 is 0 Å². The van der Waals surface area contributed by atoms with Crippen molar-refractivity contribution in [3.63, 3.8) is 0 Å². The van der Waals surface area contributed by atoms with Crippen LogP contribution in [-0.4, -0.2) is 17.3 Å². The van der Waals surface area contributed by atoms with Gasteiger partial charge < -0.3 is 8.17 Å². The Hall–Kier alpha value is 0.130. The van der Waals surface area contributed by atoms with Crippen LogP contribution in [0.1, 0.15) is 6.92 Å². The predicted octanol–water partition coefficient (Wildman–Crippen LogP) is 1.60. The number of allylic oxidation sites excluding steroid dienone is 2. The van der Waals surface area contributed by atoms with Crippen LogP contribution in [0.4, 0.5) is 0 Å². The molecule has 0 saturated carbocycles. The molecule has 0 fully saturated rings. The quantitative estimate of drug-likeness (QED) is 0.718. The van der Waals surface area contributed by atoms with Gasteiger partial charge in [0, 0.05) is 0 Å². The van der Waals surface area contributed by atoms with E-state index in [-0.39, 0.29) is 6.10 Å². The molecule has 0 unspecified atom stereocenters. The van der Waals surface area contributed by atoms with E-state index in [9.17, 15) is 5.11 Å². The summed E-state index contributed by atoms with van der Waals surface area (Å²) in [5.74, 6) is 0. The molecule has 0 radical (unpaired) electrons. The minimum atomic E-state index is -0.470. The predicted molar refractivity (Wildman–Crippen MR) is 47.8 cm³/mol. The second kappa shape index (κ2) is 3.50. The number of hydrogen-bond acceptors (Lipinski definition) is 2. The zero-order valence-electron chi connectivity index (χ0n) is 5.62.